The van der Waals surface area contributed by atoms with E-state index in [0.717, 1.165) is 10.0 Å². The number of aryl methyl sites for hydroxylation is 1. The molecule has 10 heteroatoms. The zero-order valence-electron chi connectivity index (χ0n) is 18.9. The summed E-state index contributed by atoms with van der Waals surface area (Å²) in [5.74, 6) is -0.377. The van der Waals surface area contributed by atoms with E-state index in [2.05, 4.69) is 31.8 Å². The summed E-state index contributed by atoms with van der Waals surface area (Å²) in [7, 11) is 0. The standard InChI is InChI=1S/C25H23BrN4O5/c1-17-6-11-21(22(14-17)30(33)34)28-24(31)12-13-25(32)29-27-15-19-4-2-3-5-23(19)35-16-18-7-9-20(26)10-8-18/h2-11,14-15H,12-13,16H2,1H3,(H,28,31)(H,29,32)/b27-15-. The molecule has 0 aliphatic rings. The molecule has 2 N–H and O–H groups in total. The van der Waals surface area contributed by atoms with Crippen molar-refractivity contribution in [2.75, 3.05) is 5.32 Å². The van der Waals surface area contributed by atoms with Gasteiger partial charge in [-0.3, -0.25) is 19.7 Å². The van der Waals surface area contributed by atoms with Crippen LogP contribution in [0.2, 0.25) is 0 Å². The van der Waals surface area contributed by atoms with Crippen molar-refractivity contribution in [2.45, 2.75) is 26.4 Å². The molecule has 0 aromatic heterocycles. The number of hydrazone groups is 1. The minimum Gasteiger partial charge on any atom is -0.488 e. The first-order valence-electron chi connectivity index (χ1n) is 10.6. The number of nitro benzene ring substituents is 1. The fourth-order valence-corrected chi connectivity index (χ4v) is 3.29. The van der Waals surface area contributed by atoms with E-state index in [1.807, 2.05) is 36.4 Å². The van der Waals surface area contributed by atoms with Crippen LogP contribution in [0, 0.1) is 17.0 Å². The molecule has 3 aromatic rings. The maximum absolute atomic E-state index is 12.2. The number of rotatable bonds is 10. The highest BCUT2D eigenvalue weighted by atomic mass is 79.9. The normalized spacial score (nSPS) is 10.7. The summed E-state index contributed by atoms with van der Waals surface area (Å²) < 4.78 is 6.85. The third kappa shape index (κ3) is 8.04. The maximum atomic E-state index is 12.2. The molecule has 0 unspecified atom stereocenters. The number of benzene rings is 3. The van der Waals surface area contributed by atoms with Crippen LogP contribution in [0.5, 0.6) is 5.75 Å². The molecule has 0 aliphatic heterocycles. The molecule has 0 fully saturated rings. The van der Waals surface area contributed by atoms with Crippen molar-refractivity contribution >= 4 is 45.3 Å². The topological polar surface area (TPSA) is 123 Å². The second kappa shape index (κ2) is 12.4. The van der Waals surface area contributed by atoms with Crippen LogP contribution in [-0.2, 0) is 16.2 Å². The van der Waals surface area contributed by atoms with Crippen LogP contribution in [-0.4, -0.2) is 23.0 Å². The van der Waals surface area contributed by atoms with Crippen LogP contribution < -0.4 is 15.5 Å². The number of hydrogen-bond donors (Lipinski definition) is 2. The Morgan fingerprint density at radius 2 is 1.77 bits per heavy atom. The van der Waals surface area contributed by atoms with Crippen molar-refractivity contribution in [3.63, 3.8) is 0 Å². The molecular formula is C25H23BrN4O5. The minimum atomic E-state index is -0.565. The molecule has 0 bridgehead atoms. The van der Waals surface area contributed by atoms with Gasteiger partial charge in [-0.15, -0.1) is 0 Å². The number of carbonyl (C=O) groups excluding carboxylic acids is 2. The number of anilines is 1. The van der Waals surface area contributed by atoms with Gasteiger partial charge in [-0.05, 0) is 48.4 Å². The summed E-state index contributed by atoms with van der Waals surface area (Å²) in [6.07, 6.45) is 1.17. The van der Waals surface area contributed by atoms with Gasteiger partial charge in [0.1, 0.15) is 18.0 Å². The number of carbonyl (C=O) groups is 2. The molecular weight excluding hydrogens is 516 g/mol. The number of nitro groups is 1. The Hall–Kier alpha value is -4.05. The van der Waals surface area contributed by atoms with Gasteiger partial charge in [0.05, 0.1) is 11.1 Å². The molecule has 0 saturated heterocycles. The van der Waals surface area contributed by atoms with Gasteiger partial charge in [0.15, 0.2) is 0 Å². The monoisotopic (exact) mass is 538 g/mol. The lowest BCUT2D eigenvalue weighted by Gasteiger charge is -2.09. The van der Waals surface area contributed by atoms with Crippen molar-refractivity contribution in [2.24, 2.45) is 5.10 Å². The maximum Gasteiger partial charge on any atom is 0.293 e. The minimum absolute atomic E-state index is 0.0868. The van der Waals surface area contributed by atoms with Crippen LogP contribution in [0.3, 0.4) is 0 Å². The first-order chi connectivity index (χ1) is 16.8. The molecule has 2 amide bonds. The molecule has 0 aliphatic carbocycles. The van der Waals surface area contributed by atoms with E-state index in [9.17, 15) is 19.7 Å². The molecule has 0 spiro atoms. The van der Waals surface area contributed by atoms with Gasteiger partial charge in [-0.1, -0.05) is 46.3 Å². The zero-order chi connectivity index (χ0) is 25.2. The number of para-hydroxylation sites is 1. The fraction of sp³-hybridized carbons (Fsp3) is 0.160. The van der Waals surface area contributed by atoms with Crippen molar-refractivity contribution in [1.29, 1.82) is 0 Å². The van der Waals surface area contributed by atoms with Gasteiger partial charge in [0, 0.05) is 28.9 Å². The molecule has 3 rings (SSSR count). The average Bonchev–Trinajstić information content (AvgIpc) is 2.84. The Bertz CT molecular complexity index is 1240. The van der Waals surface area contributed by atoms with Crippen molar-refractivity contribution in [1.82, 2.24) is 5.43 Å². The molecule has 3 aromatic carbocycles. The molecule has 9 nitrogen and oxygen atoms in total. The van der Waals surface area contributed by atoms with E-state index in [1.165, 1.54) is 18.3 Å². The van der Waals surface area contributed by atoms with Gasteiger partial charge in [0.2, 0.25) is 11.8 Å². The highest BCUT2D eigenvalue weighted by Gasteiger charge is 2.16. The van der Waals surface area contributed by atoms with E-state index in [0.29, 0.717) is 23.5 Å². The zero-order valence-corrected chi connectivity index (χ0v) is 20.4. The first kappa shape index (κ1) is 25.6. The van der Waals surface area contributed by atoms with Crippen LogP contribution in [0.15, 0.2) is 76.3 Å². The Kier molecular flexibility index (Phi) is 9.08. The number of amides is 2. The second-order valence-electron chi connectivity index (χ2n) is 7.57. The van der Waals surface area contributed by atoms with Crippen LogP contribution in [0.4, 0.5) is 11.4 Å². The van der Waals surface area contributed by atoms with E-state index < -0.39 is 16.7 Å². The number of nitrogens with zero attached hydrogens (tertiary/aromatic N) is 2. The second-order valence-corrected chi connectivity index (χ2v) is 8.49. The lowest BCUT2D eigenvalue weighted by molar-refractivity contribution is -0.384. The summed E-state index contributed by atoms with van der Waals surface area (Å²) in [6, 6.07) is 19.5. The Morgan fingerprint density at radius 1 is 1.06 bits per heavy atom. The van der Waals surface area contributed by atoms with Gasteiger partial charge in [0.25, 0.3) is 5.69 Å². The highest BCUT2D eigenvalue weighted by molar-refractivity contribution is 9.10. The third-order valence-electron chi connectivity index (χ3n) is 4.82. The van der Waals surface area contributed by atoms with Crippen LogP contribution >= 0.6 is 15.9 Å². The third-order valence-corrected chi connectivity index (χ3v) is 5.35. The van der Waals surface area contributed by atoms with Crippen molar-refractivity contribution in [3.8, 4) is 5.75 Å². The molecule has 180 valence electrons. The van der Waals surface area contributed by atoms with Gasteiger partial charge in [-0.2, -0.15) is 5.10 Å². The summed E-state index contributed by atoms with van der Waals surface area (Å²) in [5, 5.41) is 17.6. The Balaban J connectivity index is 1.49. The molecule has 35 heavy (non-hydrogen) atoms. The quantitative estimate of drug-likeness (QED) is 0.211. The number of hydrogen-bond acceptors (Lipinski definition) is 6. The lowest BCUT2D eigenvalue weighted by atomic mass is 10.2. The van der Waals surface area contributed by atoms with Crippen LogP contribution in [0.25, 0.3) is 0 Å². The number of nitrogens with one attached hydrogen (secondary N) is 2. The summed E-state index contributed by atoms with van der Waals surface area (Å²) in [6.45, 7) is 2.09. The number of ether oxygens (including phenoxy) is 1. The van der Waals surface area contributed by atoms with E-state index in [1.54, 1.807) is 25.1 Å². The van der Waals surface area contributed by atoms with Crippen molar-refractivity contribution in [3.05, 3.63) is 98.0 Å². The number of halogens is 1. The van der Waals surface area contributed by atoms with E-state index in [4.69, 9.17) is 4.74 Å². The van der Waals surface area contributed by atoms with E-state index >= 15 is 0 Å². The first-order valence-corrected chi connectivity index (χ1v) is 11.4. The molecule has 0 radical (unpaired) electrons. The SMILES string of the molecule is Cc1ccc(NC(=O)CCC(=O)N/N=C\c2ccccc2OCc2ccc(Br)cc2)c([N+](=O)[O-])c1. The summed E-state index contributed by atoms with van der Waals surface area (Å²) >= 11 is 3.40. The lowest BCUT2D eigenvalue weighted by Crippen LogP contribution is -2.21. The smallest absolute Gasteiger partial charge is 0.293 e. The largest absolute Gasteiger partial charge is 0.488 e. The van der Waals surface area contributed by atoms with Crippen LogP contribution in [0.1, 0.15) is 29.5 Å². The molecule has 0 saturated carbocycles. The summed E-state index contributed by atoms with van der Waals surface area (Å²) in [5.41, 5.74) is 4.64. The van der Waals surface area contributed by atoms with Gasteiger partial charge < -0.3 is 10.1 Å². The Labute approximate surface area is 210 Å². The highest BCUT2D eigenvalue weighted by Crippen LogP contribution is 2.25. The predicted octanol–water partition coefficient (Wildman–Crippen LogP) is 5.11. The average molecular weight is 539 g/mol. The molecule has 0 atom stereocenters. The van der Waals surface area contributed by atoms with Crippen molar-refractivity contribution < 1.29 is 19.2 Å². The fourth-order valence-electron chi connectivity index (χ4n) is 3.03. The molecule has 0 heterocycles. The summed E-state index contributed by atoms with van der Waals surface area (Å²) in [4.78, 5) is 34.8. The van der Waals surface area contributed by atoms with E-state index in [-0.39, 0.29) is 24.2 Å². The predicted molar refractivity (Wildman–Crippen MR) is 136 cm³/mol. The van der Waals surface area contributed by atoms with Gasteiger partial charge in [-0.25, -0.2) is 5.43 Å². The Morgan fingerprint density at radius 3 is 2.51 bits per heavy atom. The van der Waals surface area contributed by atoms with Gasteiger partial charge >= 0.3 is 0 Å².